The molecule has 0 rings (SSSR count). The normalized spacial score (nSPS) is 10.9. The zero-order chi connectivity index (χ0) is 12.4. The molecule has 1 unspecified atom stereocenters. The fourth-order valence-corrected chi connectivity index (χ4v) is 1.10. The van der Waals surface area contributed by atoms with Gasteiger partial charge in [0.15, 0.2) is 0 Å². The Morgan fingerprint density at radius 2 is 1.94 bits per heavy atom. The molecule has 0 bridgehead atoms. The minimum atomic E-state index is -1.12. The molecule has 86 valence electrons. The van der Waals surface area contributed by atoms with E-state index in [2.05, 4.69) is 17.2 Å². The molecule has 0 spiro atoms. The van der Waals surface area contributed by atoms with Crippen LogP contribution < -0.4 is 5.32 Å². The van der Waals surface area contributed by atoms with Gasteiger partial charge in [0.05, 0.1) is 0 Å². The SMILES string of the molecule is C#CCCCCC(=O)NC(CC#C)C(=O)O. The van der Waals surface area contributed by atoms with E-state index in [9.17, 15) is 9.59 Å². The molecule has 0 radical (unpaired) electrons. The van der Waals surface area contributed by atoms with Crippen molar-refractivity contribution in [1.82, 2.24) is 5.32 Å². The Kier molecular flexibility index (Phi) is 7.36. The highest BCUT2D eigenvalue weighted by Crippen LogP contribution is 2.00. The van der Waals surface area contributed by atoms with Crippen molar-refractivity contribution in [3.63, 3.8) is 0 Å². The maximum Gasteiger partial charge on any atom is 0.327 e. The molecule has 4 heteroatoms. The van der Waals surface area contributed by atoms with Gasteiger partial charge in [-0.3, -0.25) is 4.79 Å². The van der Waals surface area contributed by atoms with Gasteiger partial charge in [0.25, 0.3) is 0 Å². The zero-order valence-electron chi connectivity index (χ0n) is 9.03. The van der Waals surface area contributed by atoms with Crippen LogP contribution >= 0.6 is 0 Å². The summed E-state index contributed by atoms with van der Waals surface area (Å²) in [5.74, 6) is 3.26. The summed E-state index contributed by atoms with van der Waals surface area (Å²) < 4.78 is 0. The molecule has 2 N–H and O–H groups in total. The van der Waals surface area contributed by atoms with Crippen LogP contribution in [-0.4, -0.2) is 23.0 Å². The predicted octanol–water partition coefficient (Wildman–Crippen LogP) is 0.773. The number of carbonyl (C=O) groups is 2. The van der Waals surface area contributed by atoms with Crippen molar-refractivity contribution in [3.8, 4) is 24.7 Å². The second-order valence-electron chi connectivity index (χ2n) is 3.28. The van der Waals surface area contributed by atoms with E-state index in [1.54, 1.807) is 0 Å². The molecule has 0 aliphatic carbocycles. The van der Waals surface area contributed by atoms with Crippen LogP contribution in [-0.2, 0) is 9.59 Å². The average molecular weight is 221 g/mol. The first kappa shape index (κ1) is 14.1. The summed E-state index contributed by atoms with van der Waals surface area (Å²) in [5.41, 5.74) is 0. The quantitative estimate of drug-likeness (QED) is 0.493. The molecule has 0 saturated carbocycles. The van der Waals surface area contributed by atoms with Gasteiger partial charge in [-0.1, -0.05) is 0 Å². The van der Waals surface area contributed by atoms with Crippen molar-refractivity contribution >= 4 is 11.9 Å². The van der Waals surface area contributed by atoms with E-state index in [0.29, 0.717) is 12.8 Å². The van der Waals surface area contributed by atoms with Crippen LogP contribution in [0, 0.1) is 24.7 Å². The molecule has 0 aliphatic heterocycles. The average Bonchev–Trinajstić information content (AvgIpc) is 2.23. The van der Waals surface area contributed by atoms with Gasteiger partial charge in [0.1, 0.15) is 6.04 Å². The topological polar surface area (TPSA) is 66.4 Å². The second kappa shape index (κ2) is 8.38. The first-order valence-electron chi connectivity index (χ1n) is 5.01. The van der Waals surface area contributed by atoms with Gasteiger partial charge in [-0.25, -0.2) is 4.79 Å². The first-order chi connectivity index (χ1) is 7.61. The van der Waals surface area contributed by atoms with Gasteiger partial charge in [0.2, 0.25) is 5.91 Å². The summed E-state index contributed by atoms with van der Waals surface area (Å²) in [6, 6.07) is -0.995. The summed E-state index contributed by atoms with van der Waals surface area (Å²) in [6.07, 6.45) is 12.4. The fraction of sp³-hybridized carbons (Fsp3) is 0.500. The third kappa shape index (κ3) is 6.50. The standard InChI is InChI=1S/C12H15NO3/c1-3-5-6-7-9-11(14)13-10(8-4-2)12(15)16/h1-2,10H,5-9H2,(H,13,14)(H,15,16). The lowest BCUT2D eigenvalue weighted by molar-refractivity contribution is -0.141. The third-order valence-electron chi connectivity index (χ3n) is 1.93. The molecule has 1 amide bonds. The van der Waals surface area contributed by atoms with E-state index < -0.39 is 12.0 Å². The summed E-state index contributed by atoms with van der Waals surface area (Å²) in [5, 5.41) is 11.1. The summed E-state index contributed by atoms with van der Waals surface area (Å²) in [4.78, 5) is 22.0. The fourth-order valence-electron chi connectivity index (χ4n) is 1.10. The van der Waals surface area contributed by atoms with Crippen LogP contribution in [0.1, 0.15) is 32.1 Å². The van der Waals surface area contributed by atoms with E-state index in [1.807, 2.05) is 0 Å². The van der Waals surface area contributed by atoms with Crippen molar-refractivity contribution in [2.45, 2.75) is 38.1 Å². The van der Waals surface area contributed by atoms with E-state index in [1.165, 1.54) is 0 Å². The molecule has 0 aliphatic rings. The Bertz CT molecular complexity index is 322. The minimum absolute atomic E-state index is 0.00850. The molecular formula is C12H15NO3. The largest absolute Gasteiger partial charge is 0.480 e. The van der Waals surface area contributed by atoms with Crippen LogP contribution in [0.25, 0.3) is 0 Å². The van der Waals surface area contributed by atoms with Gasteiger partial charge in [0, 0.05) is 19.3 Å². The molecule has 16 heavy (non-hydrogen) atoms. The Labute approximate surface area is 95.4 Å². The molecule has 0 heterocycles. The smallest absolute Gasteiger partial charge is 0.327 e. The van der Waals surface area contributed by atoms with Crippen LogP contribution in [0.4, 0.5) is 0 Å². The molecular weight excluding hydrogens is 206 g/mol. The third-order valence-corrected chi connectivity index (χ3v) is 1.93. The number of hydrogen-bond donors (Lipinski definition) is 2. The van der Waals surface area contributed by atoms with E-state index in [0.717, 1.165) is 6.42 Å². The predicted molar refractivity (Wildman–Crippen MR) is 60.3 cm³/mol. The van der Waals surface area contributed by atoms with Crippen LogP contribution in [0.2, 0.25) is 0 Å². The van der Waals surface area contributed by atoms with Gasteiger partial charge < -0.3 is 10.4 Å². The molecule has 1 atom stereocenters. The van der Waals surface area contributed by atoms with Crippen molar-refractivity contribution < 1.29 is 14.7 Å². The van der Waals surface area contributed by atoms with Crippen molar-refractivity contribution in [2.24, 2.45) is 0 Å². The number of carbonyl (C=O) groups excluding carboxylic acids is 1. The Morgan fingerprint density at radius 3 is 2.44 bits per heavy atom. The summed E-state index contributed by atoms with van der Waals surface area (Å²) in [7, 11) is 0. The highest BCUT2D eigenvalue weighted by atomic mass is 16.4. The number of nitrogens with one attached hydrogen (secondary N) is 1. The number of hydrogen-bond acceptors (Lipinski definition) is 2. The number of unbranched alkanes of at least 4 members (excludes halogenated alkanes) is 2. The highest BCUT2D eigenvalue weighted by molar-refractivity contribution is 5.83. The monoisotopic (exact) mass is 221 g/mol. The second-order valence-corrected chi connectivity index (χ2v) is 3.28. The Hall–Kier alpha value is -1.94. The highest BCUT2D eigenvalue weighted by Gasteiger charge is 2.17. The van der Waals surface area contributed by atoms with Gasteiger partial charge in [-0.05, 0) is 12.8 Å². The van der Waals surface area contributed by atoms with Gasteiger partial charge in [-0.2, -0.15) is 0 Å². The molecule has 0 fully saturated rings. The molecule has 0 aromatic heterocycles. The first-order valence-corrected chi connectivity index (χ1v) is 5.01. The van der Waals surface area contributed by atoms with E-state index in [-0.39, 0.29) is 18.7 Å². The Balaban J connectivity index is 3.88. The van der Waals surface area contributed by atoms with Crippen molar-refractivity contribution in [1.29, 1.82) is 0 Å². The maximum absolute atomic E-state index is 11.3. The van der Waals surface area contributed by atoms with Crippen molar-refractivity contribution in [2.75, 3.05) is 0 Å². The van der Waals surface area contributed by atoms with Gasteiger partial charge in [-0.15, -0.1) is 24.7 Å². The Morgan fingerprint density at radius 1 is 1.25 bits per heavy atom. The van der Waals surface area contributed by atoms with Crippen LogP contribution in [0.3, 0.4) is 0 Å². The maximum atomic E-state index is 11.3. The molecule has 0 aromatic carbocycles. The van der Waals surface area contributed by atoms with Crippen LogP contribution in [0.5, 0.6) is 0 Å². The number of aliphatic carboxylic acids is 1. The number of rotatable bonds is 7. The lowest BCUT2D eigenvalue weighted by atomic mass is 10.1. The van der Waals surface area contributed by atoms with E-state index >= 15 is 0 Å². The number of amides is 1. The van der Waals surface area contributed by atoms with Gasteiger partial charge >= 0.3 is 5.97 Å². The summed E-state index contributed by atoms with van der Waals surface area (Å²) in [6.45, 7) is 0. The molecule has 4 nitrogen and oxygen atoms in total. The number of carboxylic acid groups (broad SMARTS) is 1. The van der Waals surface area contributed by atoms with Crippen molar-refractivity contribution in [3.05, 3.63) is 0 Å². The number of carboxylic acids is 1. The zero-order valence-corrected chi connectivity index (χ0v) is 9.03. The lowest BCUT2D eigenvalue weighted by Crippen LogP contribution is -2.40. The van der Waals surface area contributed by atoms with Crippen LogP contribution in [0.15, 0.2) is 0 Å². The lowest BCUT2D eigenvalue weighted by Gasteiger charge is -2.11. The molecule has 0 saturated heterocycles. The summed E-state index contributed by atoms with van der Waals surface area (Å²) >= 11 is 0. The molecule has 0 aromatic rings. The minimum Gasteiger partial charge on any atom is -0.480 e. The van der Waals surface area contributed by atoms with E-state index in [4.69, 9.17) is 18.0 Å². The number of terminal acetylenes is 2.